The molecule has 0 saturated carbocycles. The van der Waals surface area contributed by atoms with Gasteiger partial charge in [-0.05, 0) is 51.0 Å². The Labute approximate surface area is 238 Å². The summed E-state index contributed by atoms with van der Waals surface area (Å²) < 4.78 is 12.0. The van der Waals surface area contributed by atoms with Gasteiger partial charge in [0.15, 0.2) is 0 Å². The van der Waals surface area contributed by atoms with E-state index in [1.807, 2.05) is 30.0 Å². The van der Waals surface area contributed by atoms with Crippen molar-refractivity contribution in [3.8, 4) is 11.5 Å². The van der Waals surface area contributed by atoms with E-state index in [-0.39, 0.29) is 17.9 Å². The predicted octanol–water partition coefficient (Wildman–Crippen LogP) is 7.58. The molecular formula is C26H26BrCl2N3O4S. The van der Waals surface area contributed by atoms with E-state index < -0.39 is 0 Å². The molecule has 0 bridgehead atoms. The van der Waals surface area contributed by atoms with Gasteiger partial charge in [-0.3, -0.25) is 0 Å². The van der Waals surface area contributed by atoms with Crippen LogP contribution < -0.4 is 10.1 Å². The number of rotatable bonds is 7. The second-order valence-corrected chi connectivity index (χ2v) is 11.3. The maximum absolute atomic E-state index is 12.9. The summed E-state index contributed by atoms with van der Waals surface area (Å²) >= 11 is 17.0. The number of carbonyl (C=O) groups is 2. The van der Waals surface area contributed by atoms with Gasteiger partial charge in [-0.1, -0.05) is 45.2 Å². The minimum Gasteiger partial charge on any atom is -0.462 e. The summed E-state index contributed by atoms with van der Waals surface area (Å²) in [7, 11) is 0. The third-order valence-electron chi connectivity index (χ3n) is 5.98. The van der Waals surface area contributed by atoms with Crippen LogP contribution in [-0.4, -0.2) is 41.6 Å². The van der Waals surface area contributed by atoms with Gasteiger partial charge in [-0.15, -0.1) is 11.3 Å². The summed E-state index contributed by atoms with van der Waals surface area (Å²) in [5.74, 6) is 1.04. The summed E-state index contributed by atoms with van der Waals surface area (Å²) in [6, 6.07) is 10.6. The molecule has 196 valence electrons. The first kappa shape index (κ1) is 27.7. The van der Waals surface area contributed by atoms with Crippen LogP contribution in [0.25, 0.3) is 0 Å². The predicted molar refractivity (Wildman–Crippen MR) is 149 cm³/mol. The Morgan fingerprint density at radius 3 is 2.62 bits per heavy atom. The first-order valence-electron chi connectivity index (χ1n) is 11.8. The number of ether oxygens (including phenoxy) is 2. The van der Waals surface area contributed by atoms with Gasteiger partial charge in [0.25, 0.3) is 0 Å². The number of urea groups is 1. The van der Waals surface area contributed by atoms with Gasteiger partial charge in [0.2, 0.25) is 0 Å². The zero-order valence-electron chi connectivity index (χ0n) is 20.4. The van der Waals surface area contributed by atoms with Gasteiger partial charge in [0.05, 0.1) is 27.4 Å². The number of hydrogen-bond donors (Lipinski definition) is 1. The van der Waals surface area contributed by atoms with E-state index in [1.54, 1.807) is 25.1 Å². The van der Waals surface area contributed by atoms with Gasteiger partial charge in [-0.25, -0.2) is 14.6 Å². The first-order valence-corrected chi connectivity index (χ1v) is 14.2. The van der Waals surface area contributed by atoms with Gasteiger partial charge in [0, 0.05) is 41.7 Å². The lowest BCUT2D eigenvalue weighted by atomic mass is 9.98. The molecule has 0 spiro atoms. The van der Waals surface area contributed by atoms with E-state index in [0.717, 1.165) is 27.9 Å². The Morgan fingerprint density at radius 2 is 1.92 bits per heavy atom. The van der Waals surface area contributed by atoms with E-state index in [2.05, 4.69) is 26.2 Å². The van der Waals surface area contributed by atoms with E-state index in [4.69, 9.17) is 32.7 Å². The lowest BCUT2D eigenvalue weighted by Crippen LogP contribution is -2.43. The van der Waals surface area contributed by atoms with E-state index in [9.17, 15) is 9.59 Å². The van der Waals surface area contributed by atoms with Crippen LogP contribution in [0.4, 0.5) is 4.79 Å². The second kappa shape index (κ2) is 12.5. The molecule has 1 N–H and O–H groups in total. The number of aromatic nitrogens is 1. The molecule has 4 rings (SSSR count). The molecule has 1 aromatic heterocycles. The van der Waals surface area contributed by atoms with Crippen molar-refractivity contribution in [1.29, 1.82) is 0 Å². The maximum Gasteiger partial charge on any atom is 0.350 e. The number of thiazole rings is 1. The molecule has 1 aliphatic rings. The molecule has 0 aliphatic carbocycles. The number of halogens is 3. The zero-order chi connectivity index (χ0) is 26.5. The molecule has 2 aromatic carbocycles. The van der Waals surface area contributed by atoms with Crippen LogP contribution in [0.5, 0.6) is 11.5 Å². The number of amides is 2. The van der Waals surface area contributed by atoms with Gasteiger partial charge in [0.1, 0.15) is 16.4 Å². The Balaban J connectivity index is 1.34. The van der Waals surface area contributed by atoms with Crippen molar-refractivity contribution >= 4 is 62.5 Å². The van der Waals surface area contributed by atoms with Crippen molar-refractivity contribution in [3.05, 3.63) is 72.1 Å². The molecule has 2 heterocycles. The Hall–Kier alpha value is -2.33. The molecule has 11 heteroatoms. The highest BCUT2D eigenvalue weighted by atomic mass is 79.9. The van der Waals surface area contributed by atoms with Crippen molar-refractivity contribution in [2.45, 2.75) is 39.2 Å². The monoisotopic (exact) mass is 625 g/mol. The van der Waals surface area contributed by atoms with Crippen LogP contribution in [0.3, 0.4) is 0 Å². The summed E-state index contributed by atoms with van der Waals surface area (Å²) in [6.45, 7) is 5.47. The van der Waals surface area contributed by atoms with E-state index in [0.29, 0.717) is 58.4 Å². The molecule has 1 saturated heterocycles. The molecule has 7 nitrogen and oxygen atoms in total. The number of aryl methyl sites for hydroxylation is 1. The number of likely N-dealkylation sites (tertiary alicyclic amines) is 1. The van der Waals surface area contributed by atoms with Crippen LogP contribution >= 0.6 is 50.5 Å². The molecule has 1 fully saturated rings. The Morgan fingerprint density at radius 1 is 1.16 bits per heavy atom. The highest BCUT2D eigenvalue weighted by Crippen LogP contribution is 2.34. The minimum absolute atomic E-state index is 0.135. The van der Waals surface area contributed by atoms with Crippen molar-refractivity contribution < 1.29 is 19.1 Å². The van der Waals surface area contributed by atoms with Crippen molar-refractivity contribution in [3.63, 3.8) is 0 Å². The smallest absolute Gasteiger partial charge is 0.350 e. The maximum atomic E-state index is 12.9. The van der Waals surface area contributed by atoms with Crippen LogP contribution in [0, 0.1) is 6.92 Å². The molecule has 0 atom stereocenters. The van der Waals surface area contributed by atoms with Crippen molar-refractivity contribution in [2.75, 3.05) is 19.7 Å². The van der Waals surface area contributed by atoms with E-state index >= 15 is 0 Å². The number of hydrogen-bond acceptors (Lipinski definition) is 6. The molecule has 37 heavy (non-hydrogen) atoms. The number of nitrogens with zero attached hydrogens (tertiary/aromatic N) is 2. The first-order chi connectivity index (χ1) is 17.7. The topological polar surface area (TPSA) is 80.8 Å². The average molecular weight is 627 g/mol. The third kappa shape index (κ3) is 6.96. The Kier molecular flexibility index (Phi) is 9.34. The molecular weight excluding hydrogens is 601 g/mol. The molecule has 3 aromatic rings. The van der Waals surface area contributed by atoms with Gasteiger partial charge >= 0.3 is 12.0 Å². The van der Waals surface area contributed by atoms with Gasteiger partial charge in [-0.2, -0.15) is 0 Å². The fourth-order valence-corrected chi connectivity index (χ4v) is 5.78. The normalized spacial score (nSPS) is 13.9. The fraction of sp³-hybridized carbons (Fsp3) is 0.346. The zero-order valence-corrected chi connectivity index (χ0v) is 24.3. The van der Waals surface area contributed by atoms with Crippen LogP contribution in [-0.2, 0) is 11.3 Å². The van der Waals surface area contributed by atoms with Crippen molar-refractivity contribution in [2.24, 2.45) is 0 Å². The quantitative estimate of drug-likeness (QED) is 0.273. The van der Waals surface area contributed by atoms with E-state index in [1.165, 1.54) is 11.3 Å². The highest BCUT2D eigenvalue weighted by molar-refractivity contribution is 9.10. The summed E-state index contributed by atoms with van der Waals surface area (Å²) in [4.78, 5) is 32.0. The van der Waals surface area contributed by atoms with Crippen molar-refractivity contribution in [1.82, 2.24) is 15.2 Å². The SMILES string of the molecule is CCOC(=O)c1sc(C2CCN(C(=O)NCc3ccc(Br)cc3Oc3ccc(Cl)c(Cl)c3)CC2)nc1C. The number of esters is 1. The van der Waals surface area contributed by atoms with Crippen LogP contribution in [0.1, 0.15) is 51.6 Å². The highest BCUT2D eigenvalue weighted by Gasteiger charge is 2.28. The lowest BCUT2D eigenvalue weighted by Gasteiger charge is -2.31. The number of nitrogens with one attached hydrogen (secondary N) is 1. The Bertz CT molecular complexity index is 1290. The summed E-state index contributed by atoms with van der Waals surface area (Å²) in [5, 5.41) is 4.78. The molecule has 0 radical (unpaired) electrons. The average Bonchev–Trinajstić information content (AvgIpc) is 3.27. The molecule has 2 amide bonds. The standard InChI is InChI=1S/C26H26BrCl2N3O4S/c1-3-35-25(33)23-15(2)31-24(37-23)16-8-10-32(11-9-16)26(34)30-14-17-4-5-18(27)12-22(17)36-19-6-7-20(28)21(29)13-19/h4-7,12-13,16H,3,8-11,14H2,1-2H3,(H,30,34). The molecule has 0 unspecified atom stereocenters. The number of carbonyl (C=O) groups excluding carboxylic acids is 2. The number of benzene rings is 2. The minimum atomic E-state index is -0.323. The summed E-state index contributed by atoms with van der Waals surface area (Å²) in [5.41, 5.74) is 1.52. The lowest BCUT2D eigenvalue weighted by molar-refractivity contribution is 0.0531. The van der Waals surface area contributed by atoms with Gasteiger partial charge < -0.3 is 19.7 Å². The number of piperidine rings is 1. The van der Waals surface area contributed by atoms with Crippen LogP contribution in [0.15, 0.2) is 40.9 Å². The fourth-order valence-electron chi connectivity index (χ4n) is 4.03. The third-order valence-corrected chi connectivity index (χ3v) is 8.52. The molecule has 1 aliphatic heterocycles. The largest absolute Gasteiger partial charge is 0.462 e. The van der Waals surface area contributed by atoms with Crippen LogP contribution in [0.2, 0.25) is 10.0 Å². The second-order valence-electron chi connectivity index (χ2n) is 8.54. The summed E-state index contributed by atoms with van der Waals surface area (Å²) in [6.07, 6.45) is 1.57.